The first-order chi connectivity index (χ1) is 13.0. The normalized spacial score (nSPS) is 25.7. The average molecular weight is 374 g/mol. The number of nitrogens with zero attached hydrogens (tertiary/aromatic N) is 2. The van der Waals surface area contributed by atoms with Gasteiger partial charge in [0.15, 0.2) is 6.61 Å². The van der Waals surface area contributed by atoms with Crippen molar-refractivity contribution in [2.45, 2.75) is 38.5 Å². The number of carbonyl (C=O) groups excluding carboxylic acids is 2. The smallest absolute Gasteiger partial charge is 0.260 e. The molecule has 0 N–H and O–H groups in total. The molecule has 0 bridgehead atoms. The fourth-order valence-electron chi connectivity index (χ4n) is 4.43. The first-order valence-corrected chi connectivity index (χ1v) is 9.97. The van der Waals surface area contributed by atoms with Crippen LogP contribution in [0.2, 0.25) is 0 Å². The standard InChI is InChI=1S/C21H27FN2O3/c22-17-3-1-4-18(11-17)27-13-20(26)23-10-2-8-21(14-23)9-7-19(25)24(15-21)12-16-5-6-16/h1,3-4,11,16H,2,5-10,12-15H2/t21-/m0/s1. The maximum Gasteiger partial charge on any atom is 0.260 e. The summed E-state index contributed by atoms with van der Waals surface area (Å²) in [6, 6.07) is 5.85. The van der Waals surface area contributed by atoms with Crippen LogP contribution in [0.3, 0.4) is 0 Å². The minimum atomic E-state index is -0.375. The summed E-state index contributed by atoms with van der Waals surface area (Å²) in [5.41, 5.74) is 0.0234. The summed E-state index contributed by atoms with van der Waals surface area (Å²) in [4.78, 5) is 28.8. The molecule has 0 radical (unpaired) electrons. The van der Waals surface area contributed by atoms with Gasteiger partial charge in [0.05, 0.1) is 0 Å². The van der Waals surface area contributed by atoms with Crippen molar-refractivity contribution in [3.05, 3.63) is 30.1 Å². The summed E-state index contributed by atoms with van der Waals surface area (Å²) >= 11 is 0. The third-order valence-corrected chi connectivity index (χ3v) is 6.10. The zero-order valence-electron chi connectivity index (χ0n) is 15.7. The number of hydrogen-bond donors (Lipinski definition) is 0. The third-order valence-electron chi connectivity index (χ3n) is 6.10. The fourth-order valence-corrected chi connectivity index (χ4v) is 4.43. The molecule has 1 atom stereocenters. The Morgan fingerprint density at radius 1 is 1.26 bits per heavy atom. The number of benzene rings is 1. The molecule has 1 aliphatic carbocycles. The maximum absolute atomic E-state index is 13.2. The van der Waals surface area contributed by atoms with E-state index in [2.05, 4.69) is 0 Å². The monoisotopic (exact) mass is 374 g/mol. The van der Waals surface area contributed by atoms with Crippen LogP contribution in [0.4, 0.5) is 4.39 Å². The zero-order chi connectivity index (χ0) is 18.9. The van der Waals surface area contributed by atoms with Crippen molar-refractivity contribution in [1.82, 2.24) is 9.80 Å². The molecule has 146 valence electrons. The number of ether oxygens (including phenoxy) is 1. The largest absolute Gasteiger partial charge is 0.484 e. The minimum Gasteiger partial charge on any atom is -0.484 e. The molecule has 0 aromatic heterocycles. The van der Waals surface area contributed by atoms with Gasteiger partial charge in [0.1, 0.15) is 11.6 Å². The SMILES string of the molecule is O=C(COc1cccc(F)c1)N1CCC[C@]2(CCC(=O)N(CC3CC3)C2)C1. The highest BCUT2D eigenvalue weighted by atomic mass is 19.1. The van der Waals surface area contributed by atoms with Gasteiger partial charge in [-0.25, -0.2) is 4.39 Å². The van der Waals surface area contributed by atoms with Crippen LogP contribution in [-0.4, -0.2) is 54.4 Å². The van der Waals surface area contributed by atoms with Gasteiger partial charge in [0, 0.05) is 44.1 Å². The molecule has 1 spiro atoms. The molecule has 6 heteroatoms. The van der Waals surface area contributed by atoms with Gasteiger partial charge < -0.3 is 14.5 Å². The highest BCUT2D eigenvalue weighted by molar-refractivity contribution is 5.79. The van der Waals surface area contributed by atoms with E-state index in [1.165, 1.54) is 25.0 Å². The van der Waals surface area contributed by atoms with E-state index in [0.717, 1.165) is 38.9 Å². The Morgan fingerprint density at radius 3 is 2.89 bits per heavy atom. The van der Waals surface area contributed by atoms with Crippen molar-refractivity contribution < 1.29 is 18.7 Å². The van der Waals surface area contributed by atoms with E-state index in [4.69, 9.17) is 4.74 Å². The third kappa shape index (κ3) is 4.42. The van der Waals surface area contributed by atoms with Crippen molar-refractivity contribution in [3.8, 4) is 5.75 Å². The number of hydrogen-bond acceptors (Lipinski definition) is 3. The van der Waals surface area contributed by atoms with E-state index in [9.17, 15) is 14.0 Å². The van der Waals surface area contributed by atoms with Crippen LogP contribution in [0.5, 0.6) is 5.75 Å². The lowest BCUT2D eigenvalue weighted by molar-refractivity contribution is -0.144. The van der Waals surface area contributed by atoms with Gasteiger partial charge in [-0.05, 0) is 50.2 Å². The van der Waals surface area contributed by atoms with Crippen LogP contribution in [-0.2, 0) is 9.59 Å². The minimum absolute atomic E-state index is 0.0234. The molecule has 2 aliphatic heterocycles. The topological polar surface area (TPSA) is 49.9 Å². The second-order valence-corrected chi connectivity index (χ2v) is 8.38. The lowest BCUT2D eigenvalue weighted by atomic mass is 9.73. The summed E-state index contributed by atoms with van der Waals surface area (Å²) in [6.45, 7) is 2.99. The molecular formula is C21H27FN2O3. The summed E-state index contributed by atoms with van der Waals surface area (Å²) in [5, 5.41) is 0. The predicted molar refractivity (Wildman–Crippen MR) is 98.7 cm³/mol. The highest BCUT2D eigenvalue weighted by Crippen LogP contribution is 2.40. The van der Waals surface area contributed by atoms with E-state index < -0.39 is 0 Å². The summed E-state index contributed by atoms with van der Waals surface area (Å²) in [5.74, 6) is 0.882. The van der Waals surface area contributed by atoms with Crippen molar-refractivity contribution in [2.24, 2.45) is 11.3 Å². The maximum atomic E-state index is 13.2. The second kappa shape index (κ2) is 7.49. The lowest BCUT2D eigenvalue weighted by Gasteiger charge is -2.48. The first-order valence-electron chi connectivity index (χ1n) is 9.97. The Labute approximate surface area is 159 Å². The number of likely N-dealkylation sites (tertiary alicyclic amines) is 2. The molecule has 2 heterocycles. The Hall–Kier alpha value is -2.11. The van der Waals surface area contributed by atoms with Crippen molar-refractivity contribution in [2.75, 3.05) is 32.8 Å². The molecule has 0 unspecified atom stereocenters. The Balaban J connectivity index is 1.35. The first kappa shape index (κ1) is 18.3. The Bertz CT molecular complexity index is 721. The summed E-state index contributed by atoms with van der Waals surface area (Å²) in [6.07, 6.45) is 5.95. The van der Waals surface area contributed by atoms with Crippen LogP contribution >= 0.6 is 0 Å². The average Bonchev–Trinajstić information content (AvgIpc) is 3.47. The van der Waals surface area contributed by atoms with Crippen molar-refractivity contribution in [3.63, 3.8) is 0 Å². The zero-order valence-corrected chi connectivity index (χ0v) is 15.7. The lowest BCUT2D eigenvalue weighted by Crippen LogP contribution is -2.55. The van der Waals surface area contributed by atoms with Crippen LogP contribution in [0.15, 0.2) is 24.3 Å². The molecule has 27 heavy (non-hydrogen) atoms. The molecule has 1 saturated carbocycles. The van der Waals surface area contributed by atoms with Gasteiger partial charge in [-0.1, -0.05) is 6.07 Å². The second-order valence-electron chi connectivity index (χ2n) is 8.38. The molecular weight excluding hydrogens is 347 g/mol. The molecule has 5 nitrogen and oxygen atoms in total. The highest BCUT2D eigenvalue weighted by Gasteiger charge is 2.43. The van der Waals surface area contributed by atoms with E-state index >= 15 is 0 Å². The summed E-state index contributed by atoms with van der Waals surface area (Å²) < 4.78 is 18.7. The number of amides is 2. The van der Waals surface area contributed by atoms with Crippen molar-refractivity contribution in [1.29, 1.82) is 0 Å². The molecule has 3 aliphatic rings. The van der Waals surface area contributed by atoms with Gasteiger partial charge in [-0.3, -0.25) is 9.59 Å². The number of rotatable bonds is 5. The Morgan fingerprint density at radius 2 is 2.11 bits per heavy atom. The fraction of sp³-hybridized carbons (Fsp3) is 0.619. The van der Waals surface area contributed by atoms with E-state index in [-0.39, 0.29) is 29.7 Å². The predicted octanol–water partition coefficient (Wildman–Crippen LogP) is 2.85. The molecule has 1 aromatic carbocycles. The quantitative estimate of drug-likeness (QED) is 0.796. The number of piperidine rings is 2. The molecule has 1 aromatic rings. The molecule has 3 fully saturated rings. The van der Waals surface area contributed by atoms with E-state index in [0.29, 0.717) is 24.6 Å². The van der Waals surface area contributed by atoms with Crippen LogP contribution in [0.1, 0.15) is 38.5 Å². The summed E-state index contributed by atoms with van der Waals surface area (Å²) in [7, 11) is 0. The van der Waals surface area contributed by atoms with Gasteiger partial charge >= 0.3 is 0 Å². The molecule has 2 amide bonds. The Kier molecular flexibility index (Phi) is 5.06. The molecule has 4 rings (SSSR count). The number of halogens is 1. The van der Waals surface area contributed by atoms with Crippen molar-refractivity contribution >= 4 is 11.8 Å². The van der Waals surface area contributed by atoms with Gasteiger partial charge in [0.25, 0.3) is 5.91 Å². The van der Waals surface area contributed by atoms with Crippen LogP contribution in [0, 0.1) is 17.2 Å². The van der Waals surface area contributed by atoms with Gasteiger partial charge in [-0.2, -0.15) is 0 Å². The molecule has 2 saturated heterocycles. The van der Waals surface area contributed by atoms with E-state index in [1.54, 1.807) is 12.1 Å². The van der Waals surface area contributed by atoms with E-state index in [1.807, 2.05) is 9.80 Å². The van der Waals surface area contributed by atoms with Crippen LogP contribution < -0.4 is 4.74 Å². The van der Waals surface area contributed by atoms with Gasteiger partial charge in [-0.15, -0.1) is 0 Å². The van der Waals surface area contributed by atoms with Gasteiger partial charge in [0.2, 0.25) is 5.91 Å². The number of carbonyl (C=O) groups is 2. The van der Waals surface area contributed by atoms with Crippen LogP contribution in [0.25, 0.3) is 0 Å².